The molecule has 1 aliphatic rings. The molecule has 0 unspecified atom stereocenters. The molecule has 5 rings (SSSR count). The lowest BCUT2D eigenvalue weighted by atomic mass is 10.1. The molecule has 4 aromatic rings. The third kappa shape index (κ3) is 3.73. The number of ether oxygens (including phenoxy) is 1. The Morgan fingerprint density at radius 3 is 2.17 bits per heavy atom. The zero-order valence-corrected chi connectivity index (χ0v) is 18.2. The van der Waals surface area contributed by atoms with Gasteiger partial charge < -0.3 is 4.74 Å². The SMILES string of the molecule is N#CCn1c(COC(=O)c2ccc(N3C(=O)c4ccccc4C3=O)cc2)nc2ccccc2c1=O. The Kier molecular flexibility index (Phi) is 5.39. The summed E-state index contributed by atoms with van der Waals surface area (Å²) < 4.78 is 6.51. The van der Waals surface area contributed by atoms with Crippen LogP contribution in [0.25, 0.3) is 10.9 Å². The van der Waals surface area contributed by atoms with Gasteiger partial charge in [-0.1, -0.05) is 24.3 Å². The topological polar surface area (TPSA) is 122 Å². The van der Waals surface area contributed by atoms with Crippen molar-refractivity contribution in [3.8, 4) is 6.07 Å². The molecular formula is C26H16N4O5. The lowest BCUT2D eigenvalue weighted by molar-refractivity contribution is 0.0457. The summed E-state index contributed by atoms with van der Waals surface area (Å²) in [4.78, 5) is 56.1. The lowest BCUT2D eigenvalue weighted by Gasteiger charge is -2.14. The predicted octanol–water partition coefficient (Wildman–Crippen LogP) is 3.08. The quantitative estimate of drug-likeness (QED) is 0.329. The number of amides is 2. The van der Waals surface area contributed by atoms with Crippen molar-refractivity contribution in [2.75, 3.05) is 4.90 Å². The van der Waals surface area contributed by atoms with Crippen molar-refractivity contribution in [3.05, 3.63) is 106 Å². The van der Waals surface area contributed by atoms with Gasteiger partial charge in [0.15, 0.2) is 5.82 Å². The van der Waals surface area contributed by atoms with Gasteiger partial charge >= 0.3 is 5.97 Å². The van der Waals surface area contributed by atoms with Crippen LogP contribution in [0.4, 0.5) is 5.69 Å². The van der Waals surface area contributed by atoms with E-state index in [0.29, 0.717) is 27.7 Å². The number of hydrogen-bond acceptors (Lipinski definition) is 7. The van der Waals surface area contributed by atoms with E-state index in [1.54, 1.807) is 48.5 Å². The number of aromatic nitrogens is 2. The summed E-state index contributed by atoms with van der Waals surface area (Å²) in [6.45, 7) is -0.556. The van der Waals surface area contributed by atoms with Crippen LogP contribution < -0.4 is 10.5 Å². The Bertz CT molecular complexity index is 1580. The van der Waals surface area contributed by atoms with Crippen LogP contribution in [0.15, 0.2) is 77.6 Å². The number of anilines is 1. The Morgan fingerprint density at radius 2 is 1.51 bits per heavy atom. The number of fused-ring (bicyclic) bond motifs is 2. The van der Waals surface area contributed by atoms with Crippen molar-refractivity contribution in [3.63, 3.8) is 0 Å². The minimum absolute atomic E-state index is 0.145. The van der Waals surface area contributed by atoms with Gasteiger partial charge in [0.05, 0.1) is 39.3 Å². The molecule has 3 aromatic carbocycles. The molecule has 1 aromatic heterocycles. The highest BCUT2D eigenvalue weighted by atomic mass is 16.5. The van der Waals surface area contributed by atoms with Crippen LogP contribution in [0.1, 0.15) is 36.9 Å². The maximum atomic E-state index is 12.7. The number of imide groups is 1. The van der Waals surface area contributed by atoms with Crippen molar-refractivity contribution in [2.45, 2.75) is 13.2 Å². The second-order valence-corrected chi connectivity index (χ2v) is 7.71. The number of hydrogen-bond donors (Lipinski definition) is 0. The van der Waals surface area contributed by atoms with E-state index >= 15 is 0 Å². The van der Waals surface area contributed by atoms with Crippen LogP contribution in [-0.2, 0) is 17.9 Å². The van der Waals surface area contributed by atoms with Crippen molar-refractivity contribution in [2.24, 2.45) is 0 Å². The number of rotatable bonds is 5. The summed E-state index contributed by atoms with van der Waals surface area (Å²) in [6.07, 6.45) is 0. The summed E-state index contributed by atoms with van der Waals surface area (Å²) in [7, 11) is 0. The molecule has 0 radical (unpaired) electrons. The summed E-state index contributed by atoms with van der Waals surface area (Å²) in [5.74, 6) is -1.41. The van der Waals surface area contributed by atoms with Crippen molar-refractivity contribution < 1.29 is 19.1 Å². The molecule has 0 saturated heterocycles. The number of para-hydroxylation sites is 1. The van der Waals surface area contributed by atoms with Crippen LogP contribution in [-0.4, -0.2) is 27.3 Å². The highest BCUT2D eigenvalue weighted by molar-refractivity contribution is 6.34. The molecule has 0 bridgehead atoms. The number of benzene rings is 3. The molecule has 9 nitrogen and oxygen atoms in total. The normalized spacial score (nSPS) is 12.5. The number of nitriles is 1. The first-order chi connectivity index (χ1) is 17.0. The first-order valence-corrected chi connectivity index (χ1v) is 10.6. The summed E-state index contributed by atoms with van der Waals surface area (Å²) >= 11 is 0. The minimum Gasteiger partial charge on any atom is -0.454 e. The van der Waals surface area contributed by atoms with Gasteiger partial charge in [-0.3, -0.25) is 19.0 Å². The van der Waals surface area contributed by atoms with Crippen molar-refractivity contribution in [1.29, 1.82) is 5.26 Å². The maximum Gasteiger partial charge on any atom is 0.338 e. The standard InChI is InChI=1S/C26H16N4O5/c27-13-14-29-22(28-21-8-4-3-7-20(21)23(29)31)15-35-26(34)16-9-11-17(12-10-16)30-24(32)18-5-1-2-6-19(18)25(30)33/h1-12H,14-15H2. The monoisotopic (exact) mass is 464 g/mol. The lowest BCUT2D eigenvalue weighted by Crippen LogP contribution is -2.29. The third-order valence-corrected chi connectivity index (χ3v) is 5.66. The van der Waals surface area contributed by atoms with E-state index < -0.39 is 23.3 Å². The average Bonchev–Trinajstić information content (AvgIpc) is 3.14. The van der Waals surface area contributed by atoms with Crippen LogP contribution >= 0.6 is 0 Å². The Morgan fingerprint density at radius 1 is 0.886 bits per heavy atom. The van der Waals surface area contributed by atoms with Gasteiger partial charge in [-0.25, -0.2) is 14.7 Å². The fourth-order valence-electron chi connectivity index (χ4n) is 3.94. The molecule has 0 fully saturated rings. The van der Waals surface area contributed by atoms with E-state index in [1.165, 1.54) is 28.8 Å². The number of carbonyl (C=O) groups is 3. The zero-order valence-electron chi connectivity index (χ0n) is 18.2. The molecule has 2 heterocycles. The predicted molar refractivity (Wildman–Crippen MR) is 125 cm³/mol. The van der Waals surface area contributed by atoms with Crippen LogP contribution in [0, 0.1) is 11.3 Å². The van der Waals surface area contributed by atoms with E-state index in [1.807, 2.05) is 6.07 Å². The maximum absolute atomic E-state index is 12.7. The summed E-state index contributed by atoms with van der Waals surface area (Å²) in [6, 6.07) is 21.0. The molecule has 35 heavy (non-hydrogen) atoms. The van der Waals surface area contributed by atoms with E-state index in [9.17, 15) is 19.2 Å². The summed E-state index contributed by atoms with van der Waals surface area (Å²) in [5, 5.41) is 9.47. The first-order valence-electron chi connectivity index (χ1n) is 10.6. The fourth-order valence-corrected chi connectivity index (χ4v) is 3.94. The van der Waals surface area contributed by atoms with Gasteiger partial charge in [0, 0.05) is 0 Å². The number of carbonyl (C=O) groups excluding carboxylic acids is 3. The van der Waals surface area contributed by atoms with E-state index in [2.05, 4.69) is 4.98 Å². The molecular weight excluding hydrogens is 448 g/mol. The van der Waals surface area contributed by atoms with Crippen LogP contribution in [0.2, 0.25) is 0 Å². The molecule has 0 spiro atoms. The van der Waals surface area contributed by atoms with Gasteiger partial charge in [-0.05, 0) is 48.5 Å². The van der Waals surface area contributed by atoms with E-state index in [0.717, 1.165) is 4.90 Å². The molecule has 2 amide bonds. The Labute approximate surface area is 198 Å². The highest BCUT2D eigenvalue weighted by Crippen LogP contribution is 2.28. The molecule has 9 heteroatoms. The first kappa shape index (κ1) is 21.7. The molecule has 0 N–H and O–H groups in total. The Balaban J connectivity index is 1.35. The summed E-state index contributed by atoms with van der Waals surface area (Å²) in [5.41, 5.74) is 1.20. The average molecular weight is 464 g/mol. The molecule has 170 valence electrons. The molecule has 0 aliphatic carbocycles. The highest BCUT2D eigenvalue weighted by Gasteiger charge is 2.36. The second kappa shape index (κ2) is 8.68. The largest absolute Gasteiger partial charge is 0.454 e. The van der Waals surface area contributed by atoms with Gasteiger partial charge in [0.1, 0.15) is 13.2 Å². The molecule has 1 aliphatic heterocycles. The van der Waals surface area contributed by atoms with Gasteiger partial charge in [0.25, 0.3) is 17.4 Å². The van der Waals surface area contributed by atoms with E-state index in [-0.39, 0.29) is 24.5 Å². The number of nitrogens with zero attached hydrogens (tertiary/aromatic N) is 4. The van der Waals surface area contributed by atoms with Crippen LogP contribution in [0.5, 0.6) is 0 Å². The van der Waals surface area contributed by atoms with Gasteiger partial charge in [-0.15, -0.1) is 0 Å². The zero-order chi connectivity index (χ0) is 24.5. The molecule has 0 atom stereocenters. The van der Waals surface area contributed by atoms with Gasteiger partial charge in [0.2, 0.25) is 0 Å². The second-order valence-electron chi connectivity index (χ2n) is 7.71. The fraction of sp³-hybridized carbons (Fsp3) is 0.0769. The van der Waals surface area contributed by atoms with Crippen molar-refractivity contribution in [1.82, 2.24) is 9.55 Å². The minimum atomic E-state index is -0.690. The molecule has 0 saturated carbocycles. The Hall–Kier alpha value is -5.10. The van der Waals surface area contributed by atoms with Crippen LogP contribution in [0.3, 0.4) is 0 Å². The number of esters is 1. The van der Waals surface area contributed by atoms with E-state index in [4.69, 9.17) is 10.00 Å². The van der Waals surface area contributed by atoms with Gasteiger partial charge in [-0.2, -0.15) is 5.26 Å². The van der Waals surface area contributed by atoms with Crippen molar-refractivity contribution >= 4 is 34.4 Å². The smallest absolute Gasteiger partial charge is 0.338 e. The third-order valence-electron chi connectivity index (χ3n) is 5.66.